The van der Waals surface area contributed by atoms with Crippen molar-refractivity contribution in [3.05, 3.63) is 29.6 Å². The molecule has 0 fully saturated rings. The molecule has 0 aliphatic carbocycles. The van der Waals surface area contributed by atoms with Crippen LogP contribution in [0.3, 0.4) is 0 Å². The van der Waals surface area contributed by atoms with E-state index in [1.165, 1.54) is 0 Å². The van der Waals surface area contributed by atoms with Gasteiger partial charge in [-0.25, -0.2) is 9.97 Å². The molecule has 142 valence electrons. The standard InChI is InChI=1S/C21H30N2O3/c1-7-14(8-2)26-21-16(10-4)22-20(15(9-3)23-21)19-17(24-5)12-11-13-18(19)25-6/h11-14H,7-10H2,1-6H3. The van der Waals surface area contributed by atoms with E-state index in [0.29, 0.717) is 5.88 Å². The molecule has 2 rings (SSSR count). The highest BCUT2D eigenvalue weighted by atomic mass is 16.5. The van der Waals surface area contributed by atoms with Gasteiger partial charge in [0.05, 0.1) is 37.3 Å². The van der Waals surface area contributed by atoms with Crippen LogP contribution in [0.2, 0.25) is 0 Å². The van der Waals surface area contributed by atoms with Gasteiger partial charge in [0.15, 0.2) is 0 Å². The van der Waals surface area contributed by atoms with E-state index in [4.69, 9.17) is 24.2 Å². The van der Waals surface area contributed by atoms with E-state index < -0.39 is 0 Å². The number of rotatable bonds is 9. The molecule has 1 aromatic carbocycles. The molecular weight excluding hydrogens is 328 g/mol. The lowest BCUT2D eigenvalue weighted by Crippen LogP contribution is -2.17. The molecule has 0 N–H and O–H groups in total. The average molecular weight is 358 g/mol. The molecule has 5 heteroatoms. The minimum Gasteiger partial charge on any atom is -0.496 e. The zero-order chi connectivity index (χ0) is 19.1. The van der Waals surface area contributed by atoms with E-state index >= 15 is 0 Å². The SMILES string of the molecule is CCc1nc(-c2c(OC)cccc2OC)c(CC)nc1OC(CC)CC. The molecule has 0 spiro atoms. The van der Waals surface area contributed by atoms with Crippen LogP contribution in [0.15, 0.2) is 18.2 Å². The van der Waals surface area contributed by atoms with Crippen molar-refractivity contribution in [1.29, 1.82) is 0 Å². The molecule has 0 bridgehead atoms. The molecule has 0 saturated heterocycles. The second-order valence-corrected chi connectivity index (χ2v) is 6.07. The summed E-state index contributed by atoms with van der Waals surface area (Å²) in [5, 5.41) is 0. The van der Waals surface area contributed by atoms with Gasteiger partial charge < -0.3 is 14.2 Å². The van der Waals surface area contributed by atoms with Crippen molar-refractivity contribution >= 4 is 0 Å². The Kier molecular flexibility index (Phi) is 7.25. The first-order chi connectivity index (χ1) is 12.6. The van der Waals surface area contributed by atoms with Crippen molar-refractivity contribution in [1.82, 2.24) is 9.97 Å². The van der Waals surface area contributed by atoms with Crippen molar-refractivity contribution in [3.8, 4) is 28.6 Å². The van der Waals surface area contributed by atoms with E-state index in [1.807, 2.05) is 18.2 Å². The maximum atomic E-state index is 6.15. The number of aromatic nitrogens is 2. The number of hydrogen-bond acceptors (Lipinski definition) is 5. The van der Waals surface area contributed by atoms with Crippen LogP contribution in [-0.4, -0.2) is 30.3 Å². The van der Waals surface area contributed by atoms with Crippen molar-refractivity contribution in [2.45, 2.75) is 59.5 Å². The van der Waals surface area contributed by atoms with Crippen molar-refractivity contribution in [2.75, 3.05) is 14.2 Å². The van der Waals surface area contributed by atoms with Crippen molar-refractivity contribution in [2.24, 2.45) is 0 Å². The largest absolute Gasteiger partial charge is 0.496 e. The minimum absolute atomic E-state index is 0.158. The molecule has 1 heterocycles. The van der Waals surface area contributed by atoms with Crippen LogP contribution in [0.4, 0.5) is 0 Å². The minimum atomic E-state index is 0.158. The van der Waals surface area contributed by atoms with Crippen molar-refractivity contribution in [3.63, 3.8) is 0 Å². The second-order valence-electron chi connectivity index (χ2n) is 6.07. The number of benzene rings is 1. The van der Waals surface area contributed by atoms with E-state index in [1.54, 1.807) is 14.2 Å². The summed E-state index contributed by atoms with van der Waals surface area (Å²) in [6.07, 6.45) is 3.55. The Balaban J connectivity index is 2.64. The van der Waals surface area contributed by atoms with Gasteiger partial charge in [-0.1, -0.05) is 33.8 Å². The smallest absolute Gasteiger partial charge is 0.236 e. The molecular formula is C21H30N2O3. The van der Waals surface area contributed by atoms with Gasteiger partial charge in [-0.2, -0.15) is 0 Å². The molecule has 5 nitrogen and oxygen atoms in total. The van der Waals surface area contributed by atoms with Crippen LogP contribution in [0, 0.1) is 0 Å². The number of nitrogens with zero attached hydrogens (tertiary/aromatic N) is 2. The fourth-order valence-corrected chi connectivity index (χ4v) is 2.96. The summed E-state index contributed by atoms with van der Waals surface area (Å²) >= 11 is 0. The Hall–Kier alpha value is -2.30. The molecule has 0 unspecified atom stereocenters. The van der Waals surface area contributed by atoms with Gasteiger partial charge >= 0.3 is 0 Å². The number of ether oxygens (including phenoxy) is 3. The first kappa shape index (κ1) is 20.0. The van der Waals surface area contributed by atoms with Gasteiger partial charge in [-0.15, -0.1) is 0 Å². The lowest BCUT2D eigenvalue weighted by Gasteiger charge is -2.20. The monoisotopic (exact) mass is 358 g/mol. The highest BCUT2D eigenvalue weighted by Crippen LogP contribution is 2.39. The predicted molar refractivity (Wildman–Crippen MR) is 104 cm³/mol. The van der Waals surface area contributed by atoms with Gasteiger partial charge in [-0.05, 0) is 37.8 Å². The first-order valence-corrected chi connectivity index (χ1v) is 9.41. The topological polar surface area (TPSA) is 53.5 Å². The Bertz CT molecular complexity index is 705. The van der Waals surface area contributed by atoms with E-state index in [-0.39, 0.29) is 6.10 Å². The summed E-state index contributed by atoms with van der Waals surface area (Å²) in [4.78, 5) is 9.75. The third-order valence-corrected chi connectivity index (χ3v) is 4.53. The fourth-order valence-electron chi connectivity index (χ4n) is 2.96. The molecule has 0 saturated carbocycles. The van der Waals surface area contributed by atoms with Crippen molar-refractivity contribution < 1.29 is 14.2 Å². The van der Waals surface area contributed by atoms with Gasteiger partial charge in [0, 0.05) is 0 Å². The molecule has 2 aromatic rings. The Morgan fingerprint density at radius 2 is 1.42 bits per heavy atom. The Morgan fingerprint density at radius 3 is 1.88 bits per heavy atom. The van der Waals surface area contributed by atoms with E-state index in [0.717, 1.165) is 59.8 Å². The quantitative estimate of drug-likeness (QED) is 0.641. The molecule has 0 amide bonds. The summed E-state index contributed by atoms with van der Waals surface area (Å²) in [5.41, 5.74) is 3.38. The third kappa shape index (κ3) is 4.09. The van der Waals surface area contributed by atoms with Crippen LogP contribution < -0.4 is 14.2 Å². The highest BCUT2D eigenvalue weighted by Gasteiger charge is 2.21. The number of methoxy groups -OCH3 is 2. The van der Waals surface area contributed by atoms with E-state index in [2.05, 4.69) is 27.7 Å². The molecule has 0 aliphatic rings. The molecule has 26 heavy (non-hydrogen) atoms. The lowest BCUT2D eigenvalue weighted by atomic mass is 10.0. The van der Waals surface area contributed by atoms with Gasteiger partial charge in [0.25, 0.3) is 0 Å². The second kappa shape index (κ2) is 9.41. The predicted octanol–water partition coefficient (Wildman–Crippen LogP) is 4.85. The van der Waals surface area contributed by atoms with Crippen LogP contribution in [0.25, 0.3) is 11.3 Å². The third-order valence-electron chi connectivity index (χ3n) is 4.53. The average Bonchev–Trinajstić information content (AvgIpc) is 2.70. The van der Waals surface area contributed by atoms with Gasteiger partial charge in [0.2, 0.25) is 5.88 Å². The fraction of sp³-hybridized carbons (Fsp3) is 0.524. The summed E-state index contributed by atoms with van der Waals surface area (Å²) < 4.78 is 17.3. The molecule has 0 aliphatic heterocycles. The Labute approximate surface area is 156 Å². The zero-order valence-corrected chi connectivity index (χ0v) is 16.8. The van der Waals surface area contributed by atoms with Crippen LogP contribution in [0.1, 0.15) is 51.9 Å². The van der Waals surface area contributed by atoms with Gasteiger partial charge in [-0.3, -0.25) is 0 Å². The molecule has 0 radical (unpaired) electrons. The van der Waals surface area contributed by atoms with Crippen LogP contribution in [-0.2, 0) is 12.8 Å². The summed E-state index contributed by atoms with van der Waals surface area (Å²) in [5.74, 6) is 2.10. The summed E-state index contributed by atoms with van der Waals surface area (Å²) in [7, 11) is 3.31. The maximum Gasteiger partial charge on any atom is 0.236 e. The normalized spacial score (nSPS) is 10.9. The number of aryl methyl sites for hydroxylation is 2. The lowest BCUT2D eigenvalue weighted by molar-refractivity contribution is 0.181. The van der Waals surface area contributed by atoms with Crippen LogP contribution >= 0.6 is 0 Å². The highest BCUT2D eigenvalue weighted by molar-refractivity contribution is 5.76. The van der Waals surface area contributed by atoms with Gasteiger partial charge in [0.1, 0.15) is 17.2 Å². The van der Waals surface area contributed by atoms with Crippen LogP contribution in [0.5, 0.6) is 17.4 Å². The maximum absolute atomic E-state index is 6.15. The zero-order valence-electron chi connectivity index (χ0n) is 16.8. The van der Waals surface area contributed by atoms with E-state index in [9.17, 15) is 0 Å². The Morgan fingerprint density at radius 1 is 0.846 bits per heavy atom. The summed E-state index contributed by atoms with van der Waals surface area (Å²) in [6.45, 7) is 8.39. The molecule has 1 aromatic heterocycles. The summed E-state index contributed by atoms with van der Waals surface area (Å²) in [6, 6.07) is 5.74. The number of hydrogen-bond donors (Lipinski definition) is 0. The molecule has 0 atom stereocenters. The first-order valence-electron chi connectivity index (χ1n) is 9.41.